The Morgan fingerprint density at radius 2 is 1.72 bits per heavy atom. The molecule has 4 unspecified atom stereocenters. The number of nitrogens with one attached hydrogen (secondary N) is 2. The first kappa shape index (κ1) is 20.4. The number of amides is 1. The van der Waals surface area contributed by atoms with Crippen LogP contribution in [0.1, 0.15) is 32.4 Å². The highest BCUT2D eigenvalue weighted by molar-refractivity contribution is 9.09. The Hall–Kier alpha value is -0.960. The van der Waals surface area contributed by atoms with E-state index < -0.39 is 9.84 Å². The van der Waals surface area contributed by atoms with Gasteiger partial charge >= 0.3 is 0 Å². The third-order valence-corrected chi connectivity index (χ3v) is 7.00. The summed E-state index contributed by atoms with van der Waals surface area (Å²) >= 11 is 3.64. The van der Waals surface area contributed by atoms with Gasteiger partial charge in [0.25, 0.3) is 0 Å². The van der Waals surface area contributed by atoms with E-state index in [9.17, 15) is 13.2 Å². The van der Waals surface area contributed by atoms with Gasteiger partial charge < -0.3 is 4.90 Å². The number of sulfone groups is 1. The number of carbonyl (C=O) groups excluding carboxylic acids is 1. The van der Waals surface area contributed by atoms with E-state index in [1.165, 1.54) is 6.26 Å². The number of benzene rings is 1. The summed E-state index contributed by atoms with van der Waals surface area (Å²) in [5.41, 5.74) is 7.16. The van der Waals surface area contributed by atoms with Crippen molar-refractivity contribution in [3.05, 3.63) is 29.8 Å². The van der Waals surface area contributed by atoms with E-state index in [0.717, 1.165) is 5.56 Å². The molecule has 0 radical (unpaired) electrons. The van der Waals surface area contributed by atoms with Gasteiger partial charge in [-0.15, -0.1) is 0 Å². The summed E-state index contributed by atoms with van der Waals surface area (Å²) in [6, 6.07) is 6.33. The molecule has 4 atom stereocenters. The number of hydrogen-bond donors (Lipinski definition) is 2. The Morgan fingerprint density at radius 3 is 2.16 bits per heavy atom. The molecule has 2 N–H and O–H groups in total. The molecule has 1 fully saturated rings. The smallest absolute Gasteiger partial charge is 0.242 e. The minimum Gasteiger partial charge on any atom is -0.338 e. The average molecular weight is 432 g/mol. The molecule has 1 aliphatic heterocycles. The second-order valence-corrected chi connectivity index (χ2v) is 10.0. The maximum absolute atomic E-state index is 12.9. The number of halogens is 1. The van der Waals surface area contributed by atoms with E-state index in [1.807, 2.05) is 6.92 Å². The van der Waals surface area contributed by atoms with Crippen molar-refractivity contribution in [3.63, 3.8) is 0 Å². The van der Waals surface area contributed by atoms with Gasteiger partial charge in [-0.1, -0.05) is 41.9 Å². The highest BCUT2D eigenvalue weighted by Crippen LogP contribution is 2.26. The van der Waals surface area contributed by atoms with Crippen molar-refractivity contribution in [1.29, 1.82) is 0 Å². The van der Waals surface area contributed by atoms with Crippen molar-refractivity contribution in [1.82, 2.24) is 15.8 Å². The normalized spacial score (nSPS) is 25.2. The monoisotopic (exact) mass is 431 g/mol. The van der Waals surface area contributed by atoms with Crippen molar-refractivity contribution < 1.29 is 13.2 Å². The van der Waals surface area contributed by atoms with Crippen molar-refractivity contribution in [2.24, 2.45) is 5.92 Å². The Balaban J connectivity index is 2.11. The third kappa shape index (κ3) is 4.42. The van der Waals surface area contributed by atoms with Gasteiger partial charge in [-0.3, -0.25) is 10.2 Å². The third-order valence-electron chi connectivity index (χ3n) is 4.77. The SMILES string of the molecule is CC(C)C1NNC(C(=O)N(C)C(C)c2ccc(S(C)(=O)=O)cc2)C1Br. The molecule has 1 aliphatic rings. The van der Waals surface area contributed by atoms with Crippen molar-refractivity contribution in [2.45, 2.75) is 48.6 Å². The number of alkyl halides is 1. The molecule has 1 heterocycles. The zero-order valence-electron chi connectivity index (χ0n) is 15.2. The molecule has 0 spiro atoms. The minimum atomic E-state index is -3.22. The van der Waals surface area contributed by atoms with Gasteiger partial charge in [-0.2, -0.15) is 0 Å². The molecule has 1 aromatic carbocycles. The van der Waals surface area contributed by atoms with Crippen LogP contribution in [0.25, 0.3) is 0 Å². The van der Waals surface area contributed by atoms with Crippen LogP contribution in [0.3, 0.4) is 0 Å². The maximum Gasteiger partial charge on any atom is 0.242 e. The summed E-state index contributed by atoms with van der Waals surface area (Å²) in [5.74, 6) is 0.373. The number of rotatable bonds is 5. The first-order valence-electron chi connectivity index (χ1n) is 8.26. The van der Waals surface area contributed by atoms with Crippen molar-refractivity contribution in [3.8, 4) is 0 Å². The fraction of sp³-hybridized carbons (Fsp3) is 0.588. The fourth-order valence-electron chi connectivity index (χ4n) is 2.91. The molecule has 140 valence electrons. The van der Waals surface area contributed by atoms with Gasteiger partial charge in [0.15, 0.2) is 9.84 Å². The van der Waals surface area contributed by atoms with E-state index >= 15 is 0 Å². The number of likely N-dealkylation sites (N-methyl/N-ethyl adjacent to an activating group) is 1. The summed E-state index contributed by atoms with van der Waals surface area (Å²) < 4.78 is 23.1. The lowest BCUT2D eigenvalue weighted by Crippen LogP contribution is -2.47. The number of hydrogen-bond acceptors (Lipinski definition) is 5. The zero-order chi connectivity index (χ0) is 18.9. The Bertz CT molecular complexity index is 721. The van der Waals surface area contributed by atoms with Crippen molar-refractivity contribution in [2.75, 3.05) is 13.3 Å². The Labute approximate surface area is 158 Å². The number of nitrogens with zero attached hydrogens (tertiary/aromatic N) is 1. The number of carbonyl (C=O) groups is 1. The molecule has 0 aliphatic carbocycles. The Kier molecular flexibility index (Phi) is 6.30. The van der Waals surface area contributed by atoms with Crippen LogP contribution in [-0.2, 0) is 14.6 Å². The molecule has 25 heavy (non-hydrogen) atoms. The van der Waals surface area contributed by atoms with Gasteiger partial charge in [-0.05, 0) is 30.5 Å². The largest absolute Gasteiger partial charge is 0.338 e. The summed E-state index contributed by atoms with van der Waals surface area (Å²) in [6.07, 6.45) is 1.18. The highest BCUT2D eigenvalue weighted by Gasteiger charge is 2.41. The topological polar surface area (TPSA) is 78.5 Å². The molecular weight excluding hydrogens is 406 g/mol. The lowest BCUT2D eigenvalue weighted by molar-refractivity contribution is -0.133. The van der Waals surface area contributed by atoms with Gasteiger partial charge in [-0.25, -0.2) is 13.8 Å². The van der Waals surface area contributed by atoms with Crippen LogP contribution < -0.4 is 10.9 Å². The molecule has 0 bridgehead atoms. The molecule has 0 aromatic heterocycles. The zero-order valence-corrected chi connectivity index (χ0v) is 17.6. The molecular formula is C17H26BrN3O3S. The van der Waals surface area contributed by atoms with Crippen LogP contribution in [0.2, 0.25) is 0 Å². The molecule has 1 aromatic rings. The van der Waals surface area contributed by atoms with Crippen LogP contribution >= 0.6 is 15.9 Å². The van der Waals surface area contributed by atoms with Gasteiger partial charge in [0.1, 0.15) is 6.04 Å². The average Bonchev–Trinajstić information content (AvgIpc) is 2.93. The van der Waals surface area contributed by atoms with Gasteiger partial charge in [0, 0.05) is 19.3 Å². The van der Waals surface area contributed by atoms with E-state index in [4.69, 9.17) is 0 Å². The second-order valence-electron chi connectivity index (χ2n) is 6.95. The molecule has 1 amide bonds. The van der Waals surface area contributed by atoms with Crippen LogP contribution in [-0.4, -0.2) is 49.4 Å². The minimum absolute atomic E-state index is 0.00209. The van der Waals surface area contributed by atoms with Crippen molar-refractivity contribution >= 4 is 31.7 Å². The van der Waals surface area contributed by atoms with E-state index in [0.29, 0.717) is 5.92 Å². The lowest BCUT2D eigenvalue weighted by Gasteiger charge is -2.29. The quantitative estimate of drug-likeness (QED) is 0.695. The number of hydrazine groups is 1. The standard InChI is InChI=1S/C17H26BrN3O3S/c1-10(2)15-14(18)16(20-19-15)17(22)21(4)11(3)12-6-8-13(9-7-12)25(5,23)24/h6-11,14-16,19-20H,1-5H3. The van der Waals surface area contributed by atoms with Crippen LogP contribution in [0.4, 0.5) is 0 Å². The van der Waals surface area contributed by atoms with E-state index in [1.54, 1.807) is 36.2 Å². The summed E-state index contributed by atoms with van der Waals surface area (Å²) in [5, 5.41) is 0. The van der Waals surface area contributed by atoms with Crippen LogP contribution in [0, 0.1) is 5.92 Å². The molecule has 1 saturated heterocycles. The first-order valence-corrected chi connectivity index (χ1v) is 11.1. The lowest BCUT2D eigenvalue weighted by atomic mass is 9.98. The predicted molar refractivity (Wildman–Crippen MR) is 102 cm³/mol. The first-order chi connectivity index (χ1) is 11.5. The fourth-order valence-corrected chi connectivity index (χ4v) is 4.64. The summed E-state index contributed by atoms with van der Waals surface area (Å²) in [6.45, 7) is 6.14. The molecule has 2 rings (SSSR count). The molecule has 0 saturated carbocycles. The van der Waals surface area contributed by atoms with Gasteiger partial charge in [0.2, 0.25) is 5.91 Å². The predicted octanol–water partition coefficient (Wildman–Crippen LogP) is 1.87. The van der Waals surface area contributed by atoms with Crippen LogP contribution in [0.15, 0.2) is 29.2 Å². The van der Waals surface area contributed by atoms with E-state index in [-0.39, 0.29) is 33.8 Å². The highest BCUT2D eigenvalue weighted by atomic mass is 79.9. The van der Waals surface area contributed by atoms with Gasteiger partial charge in [0.05, 0.1) is 15.8 Å². The maximum atomic E-state index is 12.9. The summed E-state index contributed by atoms with van der Waals surface area (Å²) in [7, 11) is -1.46. The molecule has 6 nitrogen and oxygen atoms in total. The van der Waals surface area contributed by atoms with E-state index in [2.05, 4.69) is 40.6 Å². The molecule has 8 heteroatoms. The van der Waals surface area contributed by atoms with Crippen LogP contribution in [0.5, 0.6) is 0 Å². The second kappa shape index (κ2) is 7.73. The Morgan fingerprint density at radius 1 is 1.16 bits per heavy atom. The summed E-state index contributed by atoms with van der Waals surface area (Å²) in [4.78, 5) is 14.8.